The summed E-state index contributed by atoms with van der Waals surface area (Å²) in [6.07, 6.45) is 7.68. The molecule has 1 unspecified atom stereocenters. The lowest BCUT2D eigenvalue weighted by Gasteiger charge is -2.23. The first kappa shape index (κ1) is 13.1. The van der Waals surface area contributed by atoms with E-state index in [0.717, 1.165) is 5.76 Å². The van der Waals surface area contributed by atoms with Gasteiger partial charge in [0.05, 0.1) is 6.26 Å². The maximum absolute atomic E-state index is 11.9. The van der Waals surface area contributed by atoms with Crippen molar-refractivity contribution in [2.24, 2.45) is 11.7 Å². The number of carbonyl (C=O) groups excluding carboxylic acids is 1. The second-order valence-electron chi connectivity index (χ2n) is 5.03. The molecule has 18 heavy (non-hydrogen) atoms. The second-order valence-corrected chi connectivity index (χ2v) is 5.03. The Kier molecular flexibility index (Phi) is 4.81. The number of hydrogen-bond acceptors (Lipinski definition) is 3. The zero-order valence-electron chi connectivity index (χ0n) is 10.7. The van der Waals surface area contributed by atoms with Crippen molar-refractivity contribution in [2.75, 3.05) is 6.54 Å². The summed E-state index contributed by atoms with van der Waals surface area (Å²) in [5.41, 5.74) is 5.76. The molecule has 1 heterocycles. The highest BCUT2D eigenvalue weighted by Gasteiger charge is 2.25. The molecule has 0 bridgehead atoms. The molecule has 0 radical (unpaired) electrons. The van der Waals surface area contributed by atoms with Crippen LogP contribution in [0.3, 0.4) is 0 Å². The highest BCUT2D eigenvalue weighted by atomic mass is 16.3. The first-order valence-corrected chi connectivity index (χ1v) is 6.81. The molecular weight excluding hydrogens is 228 g/mol. The number of hydrogen-bond donors (Lipinski definition) is 2. The minimum Gasteiger partial charge on any atom is -0.469 e. The molecule has 1 aromatic rings. The van der Waals surface area contributed by atoms with Gasteiger partial charge in [0.25, 0.3) is 0 Å². The Morgan fingerprint density at radius 1 is 1.50 bits per heavy atom. The van der Waals surface area contributed by atoms with E-state index in [1.807, 2.05) is 12.1 Å². The molecule has 4 heteroatoms. The quantitative estimate of drug-likeness (QED) is 0.809. The molecule has 0 spiro atoms. The molecule has 1 aliphatic carbocycles. The van der Waals surface area contributed by atoms with E-state index < -0.39 is 0 Å². The molecule has 100 valence electrons. The van der Waals surface area contributed by atoms with Crippen LogP contribution >= 0.6 is 0 Å². The van der Waals surface area contributed by atoms with Crippen LogP contribution in [0.1, 0.15) is 37.9 Å². The Labute approximate surface area is 108 Å². The third-order valence-corrected chi connectivity index (χ3v) is 3.75. The minimum atomic E-state index is 0.0775. The summed E-state index contributed by atoms with van der Waals surface area (Å²) in [6.45, 7) is 0.539. The number of furan rings is 1. The predicted octanol–water partition coefficient (Wildman–Crippen LogP) is 1.85. The van der Waals surface area contributed by atoms with E-state index in [9.17, 15) is 4.79 Å². The van der Waals surface area contributed by atoms with Crippen molar-refractivity contribution in [3.05, 3.63) is 24.2 Å². The normalized spacial score (nSPS) is 17.8. The Morgan fingerprint density at radius 3 is 2.89 bits per heavy atom. The monoisotopic (exact) mass is 250 g/mol. The zero-order chi connectivity index (χ0) is 12.8. The van der Waals surface area contributed by atoms with Crippen LogP contribution < -0.4 is 11.1 Å². The fourth-order valence-corrected chi connectivity index (χ4v) is 2.70. The van der Waals surface area contributed by atoms with Gasteiger partial charge in [-0.05, 0) is 30.9 Å². The molecule has 1 amide bonds. The van der Waals surface area contributed by atoms with Crippen molar-refractivity contribution in [3.63, 3.8) is 0 Å². The van der Waals surface area contributed by atoms with Gasteiger partial charge >= 0.3 is 0 Å². The number of nitrogens with one attached hydrogen (secondary N) is 1. The maximum Gasteiger partial charge on any atom is 0.220 e. The van der Waals surface area contributed by atoms with Crippen LogP contribution in [0.2, 0.25) is 0 Å². The van der Waals surface area contributed by atoms with Crippen LogP contribution in [0.25, 0.3) is 0 Å². The van der Waals surface area contributed by atoms with Gasteiger partial charge in [-0.3, -0.25) is 4.79 Å². The number of aryl methyl sites for hydroxylation is 1. The van der Waals surface area contributed by atoms with E-state index in [2.05, 4.69) is 5.32 Å². The van der Waals surface area contributed by atoms with Crippen molar-refractivity contribution in [2.45, 2.75) is 44.6 Å². The molecule has 0 aliphatic heterocycles. The molecule has 1 saturated carbocycles. The van der Waals surface area contributed by atoms with Gasteiger partial charge in [0.15, 0.2) is 0 Å². The summed E-state index contributed by atoms with van der Waals surface area (Å²) in [5, 5.41) is 3.07. The summed E-state index contributed by atoms with van der Waals surface area (Å²) < 4.78 is 5.21. The topological polar surface area (TPSA) is 68.3 Å². The van der Waals surface area contributed by atoms with E-state index in [-0.39, 0.29) is 11.9 Å². The van der Waals surface area contributed by atoms with Gasteiger partial charge in [0, 0.05) is 25.4 Å². The van der Waals surface area contributed by atoms with Gasteiger partial charge in [-0.1, -0.05) is 12.8 Å². The Bertz CT molecular complexity index is 356. The van der Waals surface area contributed by atoms with E-state index in [4.69, 9.17) is 10.2 Å². The van der Waals surface area contributed by atoms with Gasteiger partial charge < -0.3 is 15.5 Å². The first-order valence-electron chi connectivity index (χ1n) is 6.81. The van der Waals surface area contributed by atoms with Crippen molar-refractivity contribution < 1.29 is 9.21 Å². The van der Waals surface area contributed by atoms with Gasteiger partial charge in [0.2, 0.25) is 5.91 Å². The van der Waals surface area contributed by atoms with Crippen LogP contribution in [-0.2, 0) is 11.2 Å². The third kappa shape index (κ3) is 3.60. The number of nitrogens with two attached hydrogens (primary N) is 1. The molecule has 4 nitrogen and oxygen atoms in total. The summed E-state index contributed by atoms with van der Waals surface area (Å²) in [7, 11) is 0. The Hall–Kier alpha value is -1.29. The largest absolute Gasteiger partial charge is 0.469 e. The van der Waals surface area contributed by atoms with Crippen LogP contribution in [0.5, 0.6) is 0 Å². The number of amides is 1. The minimum absolute atomic E-state index is 0.0775. The second kappa shape index (κ2) is 6.59. The number of rotatable bonds is 6. The first-order chi connectivity index (χ1) is 8.79. The Balaban J connectivity index is 1.74. The van der Waals surface area contributed by atoms with Crippen LogP contribution in [0, 0.1) is 5.92 Å². The number of carbonyl (C=O) groups is 1. The molecule has 0 saturated heterocycles. The van der Waals surface area contributed by atoms with Gasteiger partial charge in [0.1, 0.15) is 5.76 Å². The van der Waals surface area contributed by atoms with E-state index in [1.54, 1.807) is 6.26 Å². The maximum atomic E-state index is 11.9. The zero-order valence-corrected chi connectivity index (χ0v) is 10.7. The van der Waals surface area contributed by atoms with Crippen molar-refractivity contribution in [1.82, 2.24) is 5.32 Å². The van der Waals surface area contributed by atoms with Crippen molar-refractivity contribution in [1.29, 1.82) is 0 Å². The lowest BCUT2D eigenvalue weighted by Crippen LogP contribution is -2.44. The van der Waals surface area contributed by atoms with Crippen LogP contribution in [-0.4, -0.2) is 18.5 Å². The molecule has 1 atom stereocenters. The third-order valence-electron chi connectivity index (χ3n) is 3.75. The van der Waals surface area contributed by atoms with Crippen molar-refractivity contribution in [3.8, 4) is 0 Å². The molecular formula is C14H22N2O2. The lowest BCUT2D eigenvalue weighted by molar-refractivity contribution is -0.122. The average molecular weight is 250 g/mol. The van der Waals surface area contributed by atoms with Gasteiger partial charge in [-0.15, -0.1) is 0 Å². The smallest absolute Gasteiger partial charge is 0.220 e. The molecule has 0 aromatic carbocycles. The van der Waals surface area contributed by atoms with E-state index in [1.165, 1.54) is 25.7 Å². The molecule has 1 fully saturated rings. The fraction of sp³-hybridized carbons (Fsp3) is 0.643. The molecule has 3 N–H and O–H groups in total. The summed E-state index contributed by atoms with van der Waals surface area (Å²) in [5.74, 6) is 1.51. The van der Waals surface area contributed by atoms with E-state index >= 15 is 0 Å². The molecule has 1 aliphatic rings. The highest BCUT2D eigenvalue weighted by Crippen LogP contribution is 2.27. The Morgan fingerprint density at radius 2 is 2.28 bits per heavy atom. The predicted molar refractivity (Wildman–Crippen MR) is 70.0 cm³/mol. The van der Waals surface area contributed by atoms with Crippen LogP contribution in [0.4, 0.5) is 0 Å². The van der Waals surface area contributed by atoms with Gasteiger partial charge in [-0.2, -0.15) is 0 Å². The summed E-state index contributed by atoms with van der Waals surface area (Å²) >= 11 is 0. The van der Waals surface area contributed by atoms with E-state index in [0.29, 0.717) is 25.3 Å². The van der Waals surface area contributed by atoms with Crippen LogP contribution in [0.15, 0.2) is 22.8 Å². The van der Waals surface area contributed by atoms with Crippen molar-refractivity contribution >= 4 is 5.91 Å². The molecule has 2 rings (SSSR count). The highest BCUT2D eigenvalue weighted by molar-refractivity contribution is 5.76. The average Bonchev–Trinajstić information content (AvgIpc) is 3.05. The molecule has 1 aromatic heterocycles. The van der Waals surface area contributed by atoms with Gasteiger partial charge in [-0.25, -0.2) is 0 Å². The lowest BCUT2D eigenvalue weighted by atomic mass is 9.98. The fourth-order valence-electron chi connectivity index (χ4n) is 2.70. The standard InChI is InChI=1S/C14H22N2O2/c15-10-13(11-4-1-2-5-11)16-14(17)8-7-12-6-3-9-18-12/h3,6,9,11,13H,1-2,4-5,7-8,10,15H2,(H,16,17). The summed E-state index contributed by atoms with van der Waals surface area (Å²) in [6, 6.07) is 3.88. The summed E-state index contributed by atoms with van der Waals surface area (Å²) in [4.78, 5) is 11.9. The SMILES string of the molecule is NCC(NC(=O)CCc1ccco1)C1CCCC1.